The van der Waals surface area contributed by atoms with Gasteiger partial charge in [-0.15, -0.1) is 0 Å². The van der Waals surface area contributed by atoms with Crippen LogP contribution in [0.15, 0.2) is 47.4 Å². The van der Waals surface area contributed by atoms with Crippen LogP contribution in [-0.4, -0.2) is 38.9 Å². The van der Waals surface area contributed by atoms with E-state index in [0.29, 0.717) is 13.1 Å². The molecular formula is C25H32N2O3S. The summed E-state index contributed by atoms with van der Waals surface area (Å²) in [6.45, 7) is 7.81. The monoisotopic (exact) mass is 440 g/mol. The molecule has 1 aliphatic heterocycles. The fourth-order valence-corrected chi connectivity index (χ4v) is 5.87. The second-order valence-corrected chi connectivity index (χ2v) is 11.1. The molecule has 0 aromatic heterocycles. The SMILES string of the molecule is Cc1ccc(S(=O)(=O)NCC2CCCN(C(=O)C3(c4cc(C)cc(C)c4)CC3)C2)cc1. The van der Waals surface area contributed by atoms with Gasteiger partial charge in [0.25, 0.3) is 0 Å². The summed E-state index contributed by atoms with van der Waals surface area (Å²) in [5, 5.41) is 0. The molecule has 4 rings (SSSR count). The fraction of sp³-hybridized carbons (Fsp3) is 0.480. The highest BCUT2D eigenvalue weighted by Crippen LogP contribution is 2.50. The summed E-state index contributed by atoms with van der Waals surface area (Å²) in [4.78, 5) is 15.7. The first kappa shape index (κ1) is 22.0. The molecule has 1 saturated heterocycles. The van der Waals surface area contributed by atoms with Crippen LogP contribution in [0.2, 0.25) is 0 Å². The van der Waals surface area contributed by atoms with E-state index in [2.05, 4.69) is 36.8 Å². The number of nitrogens with one attached hydrogen (secondary N) is 1. The van der Waals surface area contributed by atoms with Crippen LogP contribution in [0.1, 0.15) is 47.9 Å². The minimum atomic E-state index is -3.54. The number of piperidine rings is 1. The van der Waals surface area contributed by atoms with Crippen molar-refractivity contribution < 1.29 is 13.2 Å². The molecule has 1 amide bonds. The second-order valence-electron chi connectivity index (χ2n) is 9.38. The first-order valence-corrected chi connectivity index (χ1v) is 12.6. The van der Waals surface area contributed by atoms with Crippen molar-refractivity contribution in [3.8, 4) is 0 Å². The Kier molecular flexibility index (Phi) is 5.97. The molecule has 1 atom stereocenters. The maximum absolute atomic E-state index is 13.5. The Labute approximate surface area is 185 Å². The van der Waals surface area contributed by atoms with Crippen molar-refractivity contribution in [2.75, 3.05) is 19.6 Å². The lowest BCUT2D eigenvalue weighted by molar-refractivity contribution is -0.135. The predicted octanol–water partition coefficient (Wildman–Crippen LogP) is 3.86. The third-order valence-corrected chi connectivity index (χ3v) is 8.07. The van der Waals surface area contributed by atoms with Gasteiger partial charge >= 0.3 is 0 Å². The van der Waals surface area contributed by atoms with Crippen LogP contribution >= 0.6 is 0 Å². The molecule has 0 radical (unpaired) electrons. The van der Waals surface area contributed by atoms with E-state index in [9.17, 15) is 13.2 Å². The number of carbonyl (C=O) groups excluding carboxylic acids is 1. The van der Waals surface area contributed by atoms with Crippen LogP contribution in [0.3, 0.4) is 0 Å². The van der Waals surface area contributed by atoms with Crippen molar-refractivity contribution >= 4 is 15.9 Å². The first-order chi connectivity index (χ1) is 14.7. The van der Waals surface area contributed by atoms with E-state index in [1.54, 1.807) is 24.3 Å². The van der Waals surface area contributed by atoms with Gasteiger partial charge in [0.05, 0.1) is 10.3 Å². The molecule has 166 valence electrons. The Balaban J connectivity index is 1.41. The fourth-order valence-electron chi connectivity index (χ4n) is 4.75. The number of nitrogens with zero attached hydrogens (tertiary/aromatic N) is 1. The van der Waals surface area contributed by atoms with Gasteiger partial charge in [0.1, 0.15) is 0 Å². The summed E-state index contributed by atoms with van der Waals surface area (Å²) >= 11 is 0. The average Bonchev–Trinajstić information content (AvgIpc) is 3.54. The van der Waals surface area contributed by atoms with Crippen molar-refractivity contribution in [1.29, 1.82) is 0 Å². The zero-order chi connectivity index (χ0) is 22.2. The molecule has 0 bridgehead atoms. The van der Waals surface area contributed by atoms with Gasteiger partial charge in [-0.3, -0.25) is 4.79 Å². The summed E-state index contributed by atoms with van der Waals surface area (Å²) in [6.07, 6.45) is 3.63. The molecule has 1 unspecified atom stereocenters. The van der Waals surface area contributed by atoms with Gasteiger partial charge in [-0.1, -0.05) is 47.0 Å². The molecule has 2 aromatic rings. The zero-order valence-electron chi connectivity index (χ0n) is 18.6. The maximum Gasteiger partial charge on any atom is 0.240 e. The Bertz CT molecular complexity index is 1050. The van der Waals surface area contributed by atoms with Gasteiger partial charge in [-0.05, 0) is 70.1 Å². The largest absolute Gasteiger partial charge is 0.342 e. The average molecular weight is 441 g/mol. The maximum atomic E-state index is 13.5. The third-order valence-electron chi connectivity index (χ3n) is 6.63. The topological polar surface area (TPSA) is 66.5 Å². The van der Waals surface area contributed by atoms with Gasteiger partial charge in [0, 0.05) is 19.6 Å². The number of rotatable bonds is 6. The highest BCUT2D eigenvalue weighted by molar-refractivity contribution is 7.89. The third kappa shape index (κ3) is 4.70. The first-order valence-electron chi connectivity index (χ1n) is 11.1. The van der Waals surface area contributed by atoms with Gasteiger partial charge in [-0.25, -0.2) is 13.1 Å². The number of benzene rings is 2. The summed E-state index contributed by atoms with van der Waals surface area (Å²) in [7, 11) is -3.54. The molecule has 1 aliphatic carbocycles. The van der Waals surface area contributed by atoms with Crippen LogP contribution in [-0.2, 0) is 20.2 Å². The van der Waals surface area contributed by atoms with Gasteiger partial charge in [0.2, 0.25) is 15.9 Å². The lowest BCUT2D eigenvalue weighted by Crippen LogP contribution is -2.47. The Morgan fingerprint density at radius 2 is 1.68 bits per heavy atom. The van der Waals surface area contributed by atoms with Gasteiger partial charge in [-0.2, -0.15) is 0 Å². The molecule has 5 nitrogen and oxygen atoms in total. The molecular weight excluding hydrogens is 408 g/mol. The van der Waals surface area contributed by atoms with E-state index >= 15 is 0 Å². The normalized spacial score (nSPS) is 20.5. The number of carbonyl (C=O) groups is 1. The number of amides is 1. The highest BCUT2D eigenvalue weighted by Gasteiger charge is 2.53. The predicted molar refractivity (Wildman–Crippen MR) is 122 cm³/mol. The van der Waals surface area contributed by atoms with E-state index in [0.717, 1.165) is 43.4 Å². The summed E-state index contributed by atoms with van der Waals surface area (Å²) < 4.78 is 28.0. The van der Waals surface area contributed by atoms with E-state index in [-0.39, 0.29) is 22.1 Å². The van der Waals surface area contributed by atoms with Crippen LogP contribution < -0.4 is 4.72 Å². The summed E-state index contributed by atoms with van der Waals surface area (Å²) in [5.41, 5.74) is 4.17. The number of likely N-dealkylation sites (tertiary alicyclic amines) is 1. The highest BCUT2D eigenvalue weighted by atomic mass is 32.2. The lowest BCUT2D eigenvalue weighted by Gasteiger charge is -2.35. The van der Waals surface area contributed by atoms with Crippen molar-refractivity contribution in [3.05, 3.63) is 64.7 Å². The molecule has 2 aliphatic rings. The zero-order valence-corrected chi connectivity index (χ0v) is 19.5. The van der Waals surface area contributed by atoms with E-state index in [1.807, 2.05) is 11.8 Å². The van der Waals surface area contributed by atoms with Crippen LogP contribution in [0.25, 0.3) is 0 Å². The van der Waals surface area contributed by atoms with E-state index < -0.39 is 10.0 Å². The quantitative estimate of drug-likeness (QED) is 0.742. The minimum absolute atomic E-state index is 0.132. The smallest absolute Gasteiger partial charge is 0.240 e. The molecule has 0 spiro atoms. The Morgan fingerprint density at radius 3 is 2.29 bits per heavy atom. The van der Waals surface area contributed by atoms with E-state index in [4.69, 9.17) is 0 Å². The molecule has 2 aromatic carbocycles. The molecule has 31 heavy (non-hydrogen) atoms. The van der Waals surface area contributed by atoms with Crippen LogP contribution in [0.5, 0.6) is 0 Å². The number of hydrogen-bond donors (Lipinski definition) is 1. The van der Waals surface area contributed by atoms with Crippen LogP contribution in [0.4, 0.5) is 0 Å². The summed E-state index contributed by atoms with van der Waals surface area (Å²) in [5.74, 6) is 0.344. The van der Waals surface area contributed by atoms with Gasteiger partial charge < -0.3 is 4.90 Å². The Hall–Kier alpha value is -2.18. The number of sulfonamides is 1. The van der Waals surface area contributed by atoms with Gasteiger partial charge in [0.15, 0.2) is 0 Å². The van der Waals surface area contributed by atoms with Crippen molar-refractivity contribution in [1.82, 2.24) is 9.62 Å². The van der Waals surface area contributed by atoms with Crippen molar-refractivity contribution in [2.24, 2.45) is 5.92 Å². The molecule has 1 saturated carbocycles. The number of aryl methyl sites for hydroxylation is 3. The van der Waals surface area contributed by atoms with Crippen LogP contribution in [0, 0.1) is 26.7 Å². The second kappa shape index (κ2) is 8.40. The lowest BCUT2D eigenvalue weighted by atomic mass is 9.89. The van der Waals surface area contributed by atoms with Crippen molar-refractivity contribution in [2.45, 2.75) is 56.8 Å². The molecule has 6 heteroatoms. The minimum Gasteiger partial charge on any atom is -0.342 e. The summed E-state index contributed by atoms with van der Waals surface area (Å²) in [6, 6.07) is 13.3. The molecule has 1 N–H and O–H groups in total. The molecule has 1 heterocycles. The van der Waals surface area contributed by atoms with E-state index in [1.165, 1.54) is 11.1 Å². The van der Waals surface area contributed by atoms with Crippen molar-refractivity contribution in [3.63, 3.8) is 0 Å². The standard InChI is InChI=1S/C25H32N2O3S/c1-18-6-8-23(9-7-18)31(29,30)26-16-21-5-4-12-27(17-21)24(28)25(10-11-25)22-14-19(2)13-20(3)15-22/h6-9,13-15,21,26H,4-5,10-12,16-17H2,1-3H3. The molecule has 2 fully saturated rings. The number of hydrogen-bond acceptors (Lipinski definition) is 3. The Morgan fingerprint density at radius 1 is 1.03 bits per heavy atom.